The highest BCUT2D eigenvalue weighted by atomic mass is 35.5. The van der Waals surface area contributed by atoms with Crippen LogP contribution in [0.4, 0.5) is 4.79 Å². The van der Waals surface area contributed by atoms with Crippen molar-refractivity contribution in [1.29, 1.82) is 0 Å². The number of hydrogen-bond donors (Lipinski definition) is 2. The molecule has 7 heteroatoms. The van der Waals surface area contributed by atoms with Gasteiger partial charge in [-0.1, -0.05) is 11.6 Å². The Bertz CT molecular complexity index is 497. The van der Waals surface area contributed by atoms with Gasteiger partial charge in [0.05, 0.1) is 4.90 Å². The normalized spacial score (nSPS) is 11.3. The van der Waals surface area contributed by atoms with Gasteiger partial charge in [-0.2, -0.15) is 0 Å². The zero-order valence-corrected chi connectivity index (χ0v) is 11.0. The fourth-order valence-corrected chi connectivity index (χ4v) is 2.13. The Morgan fingerprint density at radius 2 is 1.76 bits per heavy atom. The predicted octanol–water partition coefficient (Wildman–Crippen LogP) is 1.74. The van der Waals surface area contributed by atoms with Crippen molar-refractivity contribution in [2.24, 2.45) is 0 Å². The smallest absolute Gasteiger partial charge is 0.328 e. The summed E-state index contributed by atoms with van der Waals surface area (Å²) < 4.78 is 25.3. The van der Waals surface area contributed by atoms with Crippen LogP contribution in [0.15, 0.2) is 29.2 Å². The van der Waals surface area contributed by atoms with E-state index in [9.17, 15) is 13.2 Å². The largest absolute Gasteiger partial charge is 0.335 e. The number of hydrogen-bond acceptors (Lipinski definition) is 3. The van der Waals surface area contributed by atoms with Gasteiger partial charge in [-0.05, 0) is 38.1 Å². The number of carbonyl (C=O) groups excluding carboxylic acids is 1. The van der Waals surface area contributed by atoms with Gasteiger partial charge in [-0.25, -0.2) is 17.9 Å². The van der Waals surface area contributed by atoms with Crippen molar-refractivity contribution in [2.75, 3.05) is 0 Å². The van der Waals surface area contributed by atoms with Crippen molar-refractivity contribution in [3.63, 3.8) is 0 Å². The van der Waals surface area contributed by atoms with Crippen LogP contribution in [0.1, 0.15) is 13.8 Å². The van der Waals surface area contributed by atoms with Gasteiger partial charge in [-0.15, -0.1) is 0 Å². The maximum atomic E-state index is 11.7. The first-order valence-electron chi connectivity index (χ1n) is 4.90. The minimum absolute atomic E-state index is 0.0131. The Kier molecular flexibility index (Phi) is 4.36. The van der Waals surface area contributed by atoms with Gasteiger partial charge in [0.2, 0.25) is 0 Å². The summed E-state index contributed by atoms with van der Waals surface area (Å²) in [6.45, 7) is 3.46. The summed E-state index contributed by atoms with van der Waals surface area (Å²) in [6.07, 6.45) is 0. The molecule has 1 aromatic carbocycles. The summed E-state index contributed by atoms with van der Waals surface area (Å²) in [5, 5.41) is 2.85. The highest BCUT2D eigenvalue weighted by molar-refractivity contribution is 7.90. The Morgan fingerprint density at radius 3 is 2.24 bits per heavy atom. The van der Waals surface area contributed by atoms with Gasteiger partial charge in [0.1, 0.15) is 0 Å². The highest BCUT2D eigenvalue weighted by Gasteiger charge is 2.17. The molecular weight excluding hydrogens is 264 g/mol. The molecule has 17 heavy (non-hydrogen) atoms. The van der Waals surface area contributed by atoms with Gasteiger partial charge in [-0.3, -0.25) is 0 Å². The lowest BCUT2D eigenvalue weighted by atomic mass is 10.4. The third-order valence-electron chi connectivity index (χ3n) is 1.77. The fourth-order valence-electron chi connectivity index (χ4n) is 1.09. The molecule has 0 atom stereocenters. The number of benzene rings is 1. The summed E-state index contributed by atoms with van der Waals surface area (Å²) in [7, 11) is -3.84. The Balaban J connectivity index is 2.82. The van der Waals surface area contributed by atoms with Crippen LogP contribution in [-0.2, 0) is 10.0 Å². The molecule has 2 N–H and O–H groups in total. The molecular formula is C10H13ClN2O3S. The summed E-state index contributed by atoms with van der Waals surface area (Å²) in [5.41, 5.74) is 0. The summed E-state index contributed by atoms with van der Waals surface area (Å²) in [6, 6.07) is 4.64. The van der Waals surface area contributed by atoms with Crippen molar-refractivity contribution in [1.82, 2.24) is 10.0 Å². The van der Waals surface area contributed by atoms with Gasteiger partial charge in [0.25, 0.3) is 10.0 Å². The first-order chi connectivity index (χ1) is 7.81. The molecule has 0 heterocycles. The van der Waals surface area contributed by atoms with E-state index in [0.29, 0.717) is 5.02 Å². The Morgan fingerprint density at radius 1 is 1.24 bits per heavy atom. The van der Waals surface area contributed by atoms with Gasteiger partial charge >= 0.3 is 6.03 Å². The van der Waals surface area contributed by atoms with E-state index in [0.717, 1.165) is 0 Å². The maximum Gasteiger partial charge on any atom is 0.328 e. The topological polar surface area (TPSA) is 75.3 Å². The number of amides is 2. The second-order valence-electron chi connectivity index (χ2n) is 3.69. The van der Waals surface area contributed by atoms with Crippen molar-refractivity contribution in [3.8, 4) is 0 Å². The Labute approximate surface area is 105 Å². The quantitative estimate of drug-likeness (QED) is 0.883. The number of urea groups is 1. The van der Waals surface area contributed by atoms with Crippen molar-refractivity contribution < 1.29 is 13.2 Å². The van der Waals surface area contributed by atoms with Crippen molar-refractivity contribution in [2.45, 2.75) is 24.8 Å². The van der Waals surface area contributed by atoms with E-state index in [4.69, 9.17) is 11.6 Å². The van der Waals surface area contributed by atoms with Crippen LogP contribution >= 0.6 is 11.6 Å². The average molecular weight is 277 g/mol. The molecule has 0 spiro atoms. The van der Waals surface area contributed by atoms with E-state index >= 15 is 0 Å². The van der Waals surface area contributed by atoms with E-state index in [1.807, 2.05) is 4.72 Å². The van der Waals surface area contributed by atoms with E-state index in [1.54, 1.807) is 13.8 Å². The Hall–Kier alpha value is -1.27. The van der Waals surface area contributed by atoms with Crippen LogP contribution in [0.3, 0.4) is 0 Å². The molecule has 0 aliphatic heterocycles. The summed E-state index contributed by atoms with van der Waals surface area (Å²) in [4.78, 5) is 11.3. The molecule has 2 amide bonds. The second kappa shape index (κ2) is 5.37. The highest BCUT2D eigenvalue weighted by Crippen LogP contribution is 2.13. The lowest BCUT2D eigenvalue weighted by Gasteiger charge is -2.10. The molecule has 0 fully saturated rings. The minimum atomic E-state index is -3.84. The number of halogens is 1. The molecule has 1 rings (SSSR count). The van der Waals surface area contributed by atoms with Crippen LogP contribution < -0.4 is 10.0 Å². The minimum Gasteiger partial charge on any atom is -0.335 e. The maximum absolute atomic E-state index is 11.7. The molecule has 0 bridgehead atoms. The monoisotopic (exact) mass is 276 g/mol. The van der Waals surface area contributed by atoms with Gasteiger partial charge < -0.3 is 5.32 Å². The molecule has 0 unspecified atom stereocenters. The molecule has 0 saturated carbocycles. The van der Waals surface area contributed by atoms with E-state index in [-0.39, 0.29) is 10.9 Å². The van der Waals surface area contributed by atoms with Crippen LogP contribution in [0, 0.1) is 0 Å². The molecule has 0 aliphatic carbocycles. The van der Waals surface area contributed by atoms with Crippen LogP contribution in [0.5, 0.6) is 0 Å². The third-order valence-corrected chi connectivity index (χ3v) is 3.37. The fraction of sp³-hybridized carbons (Fsp3) is 0.300. The second-order valence-corrected chi connectivity index (χ2v) is 5.81. The lowest BCUT2D eigenvalue weighted by Crippen LogP contribution is -2.42. The first kappa shape index (κ1) is 13.8. The molecule has 0 aromatic heterocycles. The standard InChI is InChI=1S/C10H13ClN2O3S/c1-7(2)12-10(14)13-17(15,16)9-5-3-8(11)4-6-9/h3-7H,1-2H3,(H2,12,13,14). The molecule has 5 nitrogen and oxygen atoms in total. The molecule has 1 aromatic rings. The first-order valence-corrected chi connectivity index (χ1v) is 6.76. The van der Waals surface area contributed by atoms with E-state index in [2.05, 4.69) is 5.32 Å². The third kappa shape index (κ3) is 4.24. The van der Waals surface area contributed by atoms with E-state index in [1.165, 1.54) is 24.3 Å². The molecule has 94 valence electrons. The zero-order chi connectivity index (χ0) is 13.1. The van der Waals surface area contributed by atoms with Crippen LogP contribution in [-0.4, -0.2) is 20.5 Å². The molecule has 0 saturated heterocycles. The number of sulfonamides is 1. The predicted molar refractivity (Wildman–Crippen MR) is 65.4 cm³/mol. The van der Waals surface area contributed by atoms with E-state index < -0.39 is 16.1 Å². The number of rotatable bonds is 3. The zero-order valence-electron chi connectivity index (χ0n) is 9.40. The summed E-state index contributed by atoms with van der Waals surface area (Å²) >= 11 is 5.64. The van der Waals surface area contributed by atoms with Crippen molar-refractivity contribution >= 4 is 27.7 Å². The summed E-state index contributed by atoms with van der Waals surface area (Å²) in [5.74, 6) is 0. The van der Waals surface area contributed by atoms with Crippen molar-refractivity contribution in [3.05, 3.63) is 29.3 Å². The van der Waals surface area contributed by atoms with Gasteiger partial charge in [0, 0.05) is 11.1 Å². The number of carbonyl (C=O) groups is 1. The van der Waals surface area contributed by atoms with Crippen LogP contribution in [0.25, 0.3) is 0 Å². The molecule has 0 radical (unpaired) electrons. The van der Waals surface area contributed by atoms with Gasteiger partial charge in [0.15, 0.2) is 0 Å². The lowest BCUT2D eigenvalue weighted by molar-refractivity contribution is 0.243. The SMILES string of the molecule is CC(C)NC(=O)NS(=O)(=O)c1ccc(Cl)cc1. The number of nitrogens with one attached hydrogen (secondary N) is 2. The average Bonchev–Trinajstić information content (AvgIpc) is 2.15. The molecule has 0 aliphatic rings. The van der Waals surface area contributed by atoms with Crippen LogP contribution in [0.2, 0.25) is 5.02 Å².